The van der Waals surface area contributed by atoms with Crippen LogP contribution in [0.1, 0.15) is 11.3 Å². The number of hydrogen-bond donors (Lipinski definition) is 1. The Balaban J connectivity index is 1.50. The number of fused-ring (bicyclic) bond motifs is 1. The Hall–Kier alpha value is -2.94. The first kappa shape index (κ1) is 20.0. The van der Waals surface area contributed by atoms with Gasteiger partial charge in [-0.3, -0.25) is 0 Å². The normalized spacial score (nSPS) is 11.2. The van der Waals surface area contributed by atoms with E-state index < -0.39 is 0 Å². The fourth-order valence-corrected chi connectivity index (χ4v) is 5.22. The van der Waals surface area contributed by atoms with Crippen molar-refractivity contribution in [3.8, 4) is 17.1 Å². The molecule has 5 rings (SSSR count). The molecule has 154 valence electrons. The standard InChI is InChI=1S/C22H16ClN5OS2/c1-13-11-15(21-25-7-8-26-21)14-3-2-4-17(19(14)28-13)29-12-16-18(5-6-24-20(16)23)31-22-27-9-10-30-22/h2-11H,12H2,1H3,(H,25,26). The number of para-hydroxylation sites is 1. The van der Waals surface area contributed by atoms with Gasteiger partial charge in [-0.25, -0.2) is 19.9 Å². The summed E-state index contributed by atoms with van der Waals surface area (Å²) in [4.78, 5) is 21.9. The highest BCUT2D eigenvalue weighted by atomic mass is 35.5. The van der Waals surface area contributed by atoms with Crippen molar-refractivity contribution in [3.05, 3.63) is 76.9 Å². The van der Waals surface area contributed by atoms with Gasteiger partial charge in [0.2, 0.25) is 0 Å². The second-order valence-corrected chi connectivity index (χ2v) is 9.21. The SMILES string of the molecule is Cc1cc(-c2ncc[nH]2)c2cccc(OCc3c(Sc4nccs4)ccnc3Cl)c2n1. The lowest BCUT2D eigenvalue weighted by molar-refractivity contribution is 0.306. The number of aryl methyl sites for hydroxylation is 1. The Morgan fingerprint density at radius 1 is 1.13 bits per heavy atom. The van der Waals surface area contributed by atoms with E-state index in [0.29, 0.717) is 10.9 Å². The summed E-state index contributed by atoms with van der Waals surface area (Å²) in [5.74, 6) is 1.48. The van der Waals surface area contributed by atoms with Crippen molar-refractivity contribution in [1.82, 2.24) is 24.9 Å². The number of pyridine rings is 2. The molecule has 4 heterocycles. The van der Waals surface area contributed by atoms with Crippen molar-refractivity contribution >= 4 is 45.6 Å². The maximum Gasteiger partial charge on any atom is 0.154 e. The molecule has 31 heavy (non-hydrogen) atoms. The number of halogens is 1. The van der Waals surface area contributed by atoms with Gasteiger partial charge < -0.3 is 9.72 Å². The van der Waals surface area contributed by atoms with E-state index in [9.17, 15) is 0 Å². The van der Waals surface area contributed by atoms with Gasteiger partial charge in [0.25, 0.3) is 0 Å². The van der Waals surface area contributed by atoms with Crippen molar-refractivity contribution < 1.29 is 4.74 Å². The number of H-pyrrole nitrogens is 1. The molecule has 0 amide bonds. The fourth-order valence-electron chi connectivity index (χ4n) is 3.26. The van der Waals surface area contributed by atoms with Crippen LogP contribution in [0.4, 0.5) is 0 Å². The number of imidazole rings is 1. The summed E-state index contributed by atoms with van der Waals surface area (Å²) >= 11 is 9.55. The quantitative estimate of drug-likeness (QED) is 0.302. The molecule has 0 spiro atoms. The zero-order valence-electron chi connectivity index (χ0n) is 16.4. The highest BCUT2D eigenvalue weighted by molar-refractivity contribution is 8.01. The van der Waals surface area contributed by atoms with Crippen molar-refractivity contribution in [2.75, 3.05) is 0 Å². The Bertz CT molecular complexity index is 1340. The van der Waals surface area contributed by atoms with Crippen LogP contribution in [0.15, 0.2) is 69.7 Å². The van der Waals surface area contributed by atoms with Gasteiger partial charge in [-0.05, 0) is 25.1 Å². The minimum atomic E-state index is 0.269. The summed E-state index contributed by atoms with van der Waals surface area (Å²) in [6.07, 6.45) is 7.03. The molecule has 0 aliphatic carbocycles. The molecule has 0 unspecified atom stereocenters. The number of ether oxygens (including phenoxy) is 1. The first-order chi connectivity index (χ1) is 15.2. The Morgan fingerprint density at radius 3 is 2.87 bits per heavy atom. The molecular weight excluding hydrogens is 450 g/mol. The smallest absolute Gasteiger partial charge is 0.154 e. The summed E-state index contributed by atoms with van der Waals surface area (Å²) in [5, 5.41) is 3.33. The molecule has 0 bridgehead atoms. The monoisotopic (exact) mass is 465 g/mol. The summed E-state index contributed by atoms with van der Waals surface area (Å²) in [6, 6.07) is 9.84. The maximum absolute atomic E-state index is 6.42. The first-order valence-corrected chi connectivity index (χ1v) is 11.5. The predicted octanol–water partition coefficient (Wildman–Crippen LogP) is 6.17. The number of nitrogens with zero attached hydrogens (tertiary/aromatic N) is 4. The van der Waals surface area contributed by atoms with Crippen molar-refractivity contribution in [3.63, 3.8) is 0 Å². The zero-order chi connectivity index (χ0) is 21.2. The van der Waals surface area contributed by atoms with Gasteiger partial charge in [0.1, 0.15) is 28.9 Å². The average Bonchev–Trinajstić information content (AvgIpc) is 3.47. The molecular formula is C22H16ClN5OS2. The Labute approximate surface area is 191 Å². The van der Waals surface area contributed by atoms with E-state index in [1.807, 2.05) is 48.8 Å². The van der Waals surface area contributed by atoms with Crippen molar-refractivity contribution in [1.29, 1.82) is 0 Å². The number of aromatic amines is 1. The molecule has 9 heteroatoms. The van der Waals surface area contributed by atoms with Gasteiger partial charge in [-0.15, -0.1) is 11.3 Å². The Kier molecular flexibility index (Phi) is 5.59. The fraction of sp³-hybridized carbons (Fsp3) is 0.0909. The van der Waals surface area contributed by atoms with Crippen LogP contribution >= 0.6 is 34.7 Å². The number of aromatic nitrogens is 5. The molecule has 0 saturated heterocycles. The van der Waals surface area contributed by atoms with E-state index in [1.165, 1.54) is 0 Å². The molecule has 0 aliphatic rings. The molecule has 0 aliphatic heterocycles. The van der Waals surface area contributed by atoms with E-state index in [2.05, 4.69) is 19.9 Å². The van der Waals surface area contributed by atoms with Crippen LogP contribution in [0, 0.1) is 6.92 Å². The van der Waals surface area contributed by atoms with E-state index >= 15 is 0 Å². The number of rotatable bonds is 6. The van der Waals surface area contributed by atoms with E-state index in [1.54, 1.807) is 41.7 Å². The van der Waals surface area contributed by atoms with Gasteiger partial charge in [0, 0.05) is 57.3 Å². The molecule has 0 atom stereocenters. The summed E-state index contributed by atoms with van der Waals surface area (Å²) in [5.41, 5.74) is 3.47. The topological polar surface area (TPSA) is 76.6 Å². The van der Waals surface area contributed by atoms with Gasteiger partial charge >= 0.3 is 0 Å². The van der Waals surface area contributed by atoms with Crippen LogP contribution in [0.3, 0.4) is 0 Å². The van der Waals surface area contributed by atoms with Gasteiger partial charge in [-0.2, -0.15) is 0 Å². The van der Waals surface area contributed by atoms with Crippen LogP contribution in [0.5, 0.6) is 5.75 Å². The van der Waals surface area contributed by atoms with Crippen LogP contribution in [-0.2, 0) is 6.61 Å². The predicted molar refractivity (Wildman–Crippen MR) is 124 cm³/mol. The molecule has 5 aromatic rings. The molecule has 4 aromatic heterocycles. The van der Waals surface area contributed by atoms with Crippen LogP contribution in [-0.4, -0.2) is 24.9 Å². The molecule has 0 fully saturated rings. The molecule has 6 nitrogen and oxygen atoms in total. The molecule has 0 saturated carbocycles. The number of nitrogens with one attached hydrogen (secondary N) is 1. The average molecular weight is 466 g/mol. The maximum atomic E-state index is 6.42. The second-order valence-electron chi connectivity index (χ2n) is 6.67. The van der Waals surface area contributed by atoms with Gasteiger partial charge in [-0.1, -0.05) is 35.5 Å². The third kappa shape index (κ3) is 4.14. The minimum Gasteiger partial charge on any atom is -0.486 e. The third-order valence-corrected chi connectivity index (χ3v) is 6.93. The molecule has 1 aromatic carbocycles. The van der Waals surface area contributed by atoms with Crippen molar-refractivity contribution in [2.45, 2.75) is 22.8 Å². The largest absolute Gasteiger partial charge is 0.486 e. The van der Waals surface area contributed by atoms with Gasteiger partial charge in [0.15, 0.2) is 4.34 Å². The number of thiazole rings is 1. The zero-order valence-corrected chi connectivity index (χ0v) is 18.8. The summed E-state index contributed by atoms with van der Waals surface area (Å²) in [6.45, 7) is 2.23. The first-order valence-electron chi connectivity index (χ1n) is 9.42. The molecule has 0 radical (unpaired) electrons. The molecule has 1 N–H and O–H groups in total. The third-order valence-electron chi connectivity index (χ3n) is 4.62. The lowest BCUT2D eigenvalue weighted by Crippen LogP contribution is -2.01. The summed E-state index contributed by atoms with van der Waals surface area (Å²) in [7, 11) is 0. The number of hydrogen-bond acceptors (Lipinski definition) is 7. The van der Waals surface area contributed by atoms with Crippen LogP contribution in [0.2, 0.25) is 5.15 Å². The second kappa shape index (κ2) is 8.66. The van der Waals surface area contributed by atoms with Gasteiger partial charge in [0.05, 0.1) is 0 Å². The van der Waals surface area contributed by atoms with E-state index in [4.69, 9.17) is 21.3 Å². The van der Waals surface area contributed by atoms with E-state index in [0.717, 1.165) is 42.8 Å². The van der Waals surface area contributed by atoms with E-state index in [-0.39, 0.29) is 6.61 Å². The summed E-state index contributed by atoms with van der Waals surface area (Å²) < 4.78 is 7.16. The van der Waals surface area contributed by atoms with Crippen LogP contribution < -0.4 is 4.74 Å². The van der Waals surface area contributed by atoms with Crippen LogP contribution in [0.25, 0.3) is 22.3 Å². The lowest BCUT2D eigenvalue weighted by Gasteiger charge is -2.14. The number of benzene rings is 1. The minimum absolute atomic E-state index is 0.269. The highest BCUT2D eigenvalue weighted by Crippen LogP contribution is 2.36. The highest BCUT2D eigenvalue weighted by Gasteiger charge is 2.15. The van der Waals surface area contributed by atoms with Crippen molar-refractivity contribution in [2.24, 2.45) is 0 Å². The Morgan fingerprint density at radius 2 is 2.06 bits per heavy atom. The lowest BCUT2D eigenvalue weighted by atomic mass is 10.1.